The Morgan fingerprint density at radius 3 is 2.79 bits per heavy atom. The fraction of sp³-hybridized carbons (Fsp3) is 0.929. The molecule has 0 aromatic heterocycles. The number of rotatable bonds is 3. The van der Waals surface area contributed by atoms with Gasteiger partial charge in [-0.05, 0) is 31.1 Å². The molecule has 1 amide bonds. The lowest BCUT2D eigenvalue weighted by Gasteiger charge is -2.33. The normalized spacial score (nSPS) is 35.3. The maximum Gasteiger partial charge on any atom is 0.222 e. The number of hydrogen-bond donors (Lipinski definition) is 2. The number of amides is 1. The first-order chi connectivity index (χ1) is 8.65. The van der Waals surface area contributed by atoms with Crippen LogP contribution >= 0.6 is 12.4 Å². The van der Waals surface area contributed by atoms with Gasteiger partial charge < -0.3 is 15.4 Å². The molecule has 0 aromatic carbocycles. The number of ether oxygens (including phenoxy) is 1. The van der Waals surface area contributed by atoms with Crippen molar-refractivity contribution in [2.24, 2.45) is 11.8 Å². The van der Waals surface area contributed by atoms with Crippen molar-refractivity contribution < 1.29 is 9.53 Å². The van der Waals surface area contributed by atoms with E-state index >= 15 is 0 Å². The number of carbonyl (C=O) groups excluding carboxylic acids is 1. The highest BCUT2D eigenvalue weighted by Crippen LogP contribution is 2.28. The van der Waals surface area contributed by atoms with Crippen LogP contribution in [0.15, 0.2) is 0 Å². The Labute approximate surface area is 122 Å². The Bertz CT molecular complexity index is 283. The van der Waals surface area contributed by atoms with Crippen LogP contribution in [-0.4, -0.2) is 37.7 Å². The largest absolute Gasteiger partial charge is 0.375 e. The van der Waals surface area contributed by atoms with Crippen LogP contribution in [0.2, 0.25) is 0 Å². The molecule has 1 aliphatic carbocycles. The van der Waals surface area contributed by atoms with E-state index in [9.17, 15) is 4.79 Å². The SMILES string of the molecule is CC1CCC(NC(=O)CC2CNCCO2)C(C)C1.Cl. The van der Waals surface area contributed by atoms with Crippen LogP contribution in [0.1, 0.15) is 39.5 Å². The van der Waals surface area contributed by atoms with E-state index in [1.807, 2.05) is 0 Å². The molecule has 4 atom stereocenters. The molecule has 2 aliphatic rings. The lowest BCUT2D eigenvalue weighted by atomic mass is 9.80. The fourth-order valence-corrected chi connectivity index (χ4v) is 3.10. The van der Waals surface area contributed by atoms with Gasteiger partial charge in [0, 0.05) is 19.1 Å². The summed E-state index contributed by atoms with van der Waals surface area (Å²) >= 11 is 0. The number of morpholine rings is 1. The van der Waals surface area contributed by atoms with Crippen molar-refractivity contribution in [1.82, 2.24) is 10.6 Å². The zero-order valence-electron chi connectivity index (χ0n) is 12.0. The topological polar surface area (TPSA) is 50.4 Å². The third-order valence-corrected chi connectivity index (χ3v) is 4.20. The standard InChI is InChI=1S/C14H26N2O2.ClH/c1-10-3-4-13(11(2)7-10)16-14(17)8-12-9-15-5-6-18-12;/h10-13,15H,3-9H2,1-2H3,(H,16,17);1H. The molecule has 0 bridgehead atoms. The van der Waals surface area contributed by atoms with E-state index < -0.39 is 0 Å². The average molecular weight is 291 g/mol. The summed E-state index contributed by atoms with van der Waals surface area (Å²) in [5.74, 6) is 1.55. The summed E-state index contributed by atoms with van der Waals surface area (Å²) in [4.78, 5) is 12.0. The average Bonchev–Trinajstić information content (AvgIpc) is 2.34. The van der Waals surface area contributed by atoms with E-state index in [1.54, 1.807) is 0 Å². The van der Waals surface area contributed by atoms with Crippen LogP contribution in [0, 0.1) is 11.8 Å². The van der Waals surface area contributed by atoms with Gasteiger partial charge >= 0.3 is 0 Å². The molecule has 0 spiro atoms. The van der Waals surface area contributed by atoms with Crippen molar-refractivity contribution in [2.75, 3.05) is 19.7 Å². The number of nitrogens with one attached hydrogen (secondary N) is 2. The van der Waals surface area contributed by atoms with Gasteiger partial charge in [0.15, 0.2) is 0 Å². The van der Waals surface area contributed by atoms with E-state index in [1.165, 1.54) is 12.8 Å². The summed E-state index contributed by atoms with van der Waals surface area (Å²) in [5, 5.41) is 6.44. The first-order valence-corrected chi connectivity index (χ1v) is 7.27. The smallest absolute Gasteiger partial charge is 0.222 e. The molecular weight excluding hydrogens is 264 g/mol. The Morgan fingerprint density at radius 2 is 2.16 bits per heavy atom. The monoisotopic (exact) mass is 290 g/mol. The molecule has 5 heteroatoms. The molecule has 2 fully saturated rings. The summed E-state index contributed by atoms with van der Waals surface area (Å²) < 4.78 is 5.56. The summed E-state index contributed by atoms with van der Waals surface area (Å²) in [6, 6.07) is 0.366. The fourth-order valence-electron chi connectivity index (χ4n) is 3.10. The molecule has 19 heavy (non-hydrogen) atoms. The van der Waals surface area contributed by atoms with Crippen LogP contribution < -0.4 is 10.6 Å². The Kier molecular flexibility index (Phi) is 7.11. The lowest BCUT2D eigenvalue weighted by molar-refractivity contribution is -0.125. The van der Waals surface area contributed by atoms with Crippen LogP contribution in [0.3, 0.4) is 0 Å². The molecular formula is C14H27ClN2O2. The predicted molar refractivity (Wildman–Crippen MR) is 78.6 cm³/mol. The molecule has 2 rings (SSSR count). The lowest BCUT2D eigenvalue weighted by Crippen LogP contribution is -2.46. The summed E-state index contributed by atoms with van der Waals surface area (Å²) in [6.45, 7) is 6.96. The Morgan fingerprint density at radius 1 is 1.37 bits per heavy atom. The highest BCUT2D eigenvalue weighted by Gasteiger charge is 2.27. The first-order valence-electron chi connectivity index (χ1n) is 7.27. The first kappa shape index (κ1) is 16.7. The molecule has 0 radical (unpaired) electrons. The highest BCUT2D eigenvalue weighted by atomic mass is 35.5. The van der Waals surface area contributed by atoms with Gasteiger partial charge in [-0.25, -0.2) is 0 Å². The minimum atomic E-state index is 0. The van der Waals surface area contributed by atoms with Crippen LogP contribution in [0.5, 0.6) is 0 Å². The summed E-state index contributed by atoms with van der Waals surface area (Å²) in [7, 11) is 0. The molecule has 1 saturated heterocycles. The molecule has 0 aromatic rings. The Hall–Kier alpha value is -0.320. The Balaban J connectivity index is 0.00000180. The van der Waals surface area contributed by atoms with E-state index in [2.05, 4.69) is 24.5 Å². The van der Waals surface area contributed by atoms with Crippen molar-refractivity contribution in [2.45, 2.75) is 51.7 Å². The zero-order chi connectivity index (χ0) is 13.0. The second-order valence-corrected chi connectivity index (χ2v) is 5.97. The van der Waals surface area contributed by atoms with Gasteiger partial charge in [-0.3, -0.25) is 4.79 Å². The van der Waals surface area contributed by atoms with E-state index in [-0.39, 0.29) is 24.4 Å². The predicted octanol–water partition coefficient (Wildman–Crippen LogP) is 1.73. The van der Waals surface area contributed by atoms with Gasteiger partial charge in [-0.1, -0.05) is 13.8 Å². The van der Waals surface area contributed by atoms with Gasteiger partial charge in [0.25, 0.3) is 0 Å². The van der Waals surface area contributed by atoms with E-state index in [4.69, 9.17) is 4.74 Å². The van der Waals surface area contributed by atoms with Crippen molar-refractivity contribution in [1.29, 1.82) is 0 Å². The van der Waals surface area contributed by atoms with Gasteiger partial charge in [0.2, 0.25) is 5.91 Å². The maximum absolute atomic E-state index is 12.0. The van der Waals surface area contributed by atoms with Crippen molar-refractivity contribution in [3.63, 3.8) is 0 Å². The highest BCUT2D eigenvalue weighted by molar-refractivity contribution is 5.85. The van der Waals surface area contributed by atoms with E-state index in [0.717, 1.165) is 32.0 Å². The maximum atomic E-state index is 12.0. The van der Waals surface area contributed by atoms with Gasteiger partial charge in [-0.2, -0.15) is 0 Å². The number of halogens is 1. The third-order valence-electron chi connectivity index (χ3n) is 4.20. The molecule has 4 unspecified atom stereocenters. The second-order valence-electron chi connectivity index (χ2n) is 5.97. The molecule has 1 aliphatic heterocycles. The molecule has 1 saturated carbocycles. The summed E-state index contributed by atoms with van der Waals surface area (Å²) in [6.07, 6.45) is 4.13. The molecule has 1 heterocycles. The van der Waals surface area contributed by atoms with Crippen molar-refractivity contribution in [3.05, 3.63) is 0 Å². The van der Waals surface area contributed by atoms with Gasteiger partial charge in [-0.15, -0.1) is 12.4 Å². The van der Waals surface area contributed by atoms with Crippen LogP contribution in [0.25, 0.3) is 0 Å². The third kappa shape index (κ3) is 5.28. The number of carbonyl (C=O) groups is 1. The van der Waals surface area contributed by atoms with Gasteiger partial charge in [0.05, 0.1) is 19.1 Å². The van der Waals surface area contributed by atoms with Crippen molar-refractivity contribution in [3.8, 4) is 0 Å². The van der Waals surface area contributed by atoms with Crippen molar-refractivity contribution >= 4 is 18.3 Å². The van der Waals surface area contributed by atoms with Crippen LogP contribution in [-0.2, 0) is 9.53 Å². The molecule has 2 N–H and O–H groups in total. The van der Waals surface area contributed by atoms with E-state index in [0.29, 0.717) is 18.4 Å². The summed E-state index contributed by atoms with van der Waals surface area (Å²) in [5.41, 5.74) is 0. The van der Waals surface area contributed by atoms with Crippen LogP contribution in [0.4, 0.5) is 0 Å². The number of hydrogen-bond acceptors (Lipinski definition) is 3. The molecule has 4 nitrogen and oxygen atoms in total. The zero-order valence-corrected chi connectivity index (χ0v) is 12.8. The minimum absolute atomic E-state index is 0. The second kappa shape index (κ2) is 8.08. The van der Waals surface area contributed by atoms with Gasteiger partial charge in [0.1, 0.15) is 0 Å². The molecule has 112 valence electrons. The quantitative estimate of drug-likeness (QED) is 0.832. The minimum Gasteiger partial charge on any atom is -0.375 e.